The molecule has 14 heavy (non-hydrogen) atoms. The third-order valence-corrected chi connectivity index (χ3v) is 2.33. The molecule has 3 nitrogen and oxygen atoms in total. The van der Waals surface area contributed by atoms with E-state index in [0.29, 0.717) is 6.42 Å². The number of rotatable bonds is 4. The average molecular weight is 188 g/mol. The SMILES string of the molecule is O=CCCCc1cccc2cn[nH]c12. The molecule has 0 saturated carbocycles. The maximum atomic E-state index is 10.2. The summed E-state index contributed by atoms with van der Waals surface area (Å²) in [6, 6.07) is 6.13. The van der Waals surface area contributed by atoms with Crippen molar-refractivity contribution in [2.45, 2.75) is 19.3 Å². The Hall–Kier alpha value is -1.64. The zero-order chi connectivity index (χ0) is 9.80. The first-order valence-electron chi connectivity index (χ1n) is 4.76. The molecule has 2 aromatic rings. The smallest absolute Gasteiger partial charge is 0.120 e. The molecule has 0 amide bonds. The zero-order valence-electron chi connectivity index (χ0n) is 7.86. The molecule has 2 rings (SSSR count). The summed E-state index contributed by atoms with van der Waals surface area (Å²) < 4.78 is 0. The van der Waals surface area contributed by atoms with Crippen LogP contribution in [0, 0.1) is 0 Å². The first kappa shape index (κ1) is 8.94. The summed E-state index contributed by atoms with van der Waals surface area (Å²) in [5, 5.41) is 8.11. The number of nitrogens with zero attached hydrogens (tertiary/aromatic N) is 1. The number of carbonyl (C=O) groups is 1. The fourth-order valence-electron chi connectivity index (χ4n) is 1.61. The summed E-state index contributed by atoms with van der Waals surface area (Å²) >= 11 is 0. The molecule has 0 unspecified atom stereocenters. The molecular formula is C11H12N2O. The van der Waals surface area contributed by atoms with E-state index in [1.165, 1.54) is 5.56 Å². The van der Waals surface area contributed by atoms with Crippen molar-refractivity contribution >= 4 is 17.2 Å². The highest BCUT2D eigenvalue weighted by atomic mass is 16.1. The number of aromatic nitrogens is 2. The lowest BCUT2D eigenvalue weighted by Gasteiger charge is -2.00. The second-order valence-electron chi connectivity index (χ2n) is 3.31. The Kier molecular flexibility index (Phi) is 2.58. The van der Waals surface area contributed by atoms with E-state index in [9.17, 15) is 4.79 Å². The summed E-state index contributed by atoms with van der Waals surface area (Å²) in [5.74, 6) is 0. The van der Waals surface area contributed by atoms with Crippen LogP contribution in [0.3, 0.4) is 0 Å². The number of carbonyl (C=O) groups excluding carboxylic acids is 1. The van der Waals surface area contributed by atoms with Gasteiger partial charge in [0, 0.05) is 11.8 Å². The maximum Gasteiger partial charge on any atom is 0.120 e. The van der Waals surface area contributed by atoms with Crippen LogP contribution in [0.5, 0.6) is 0 Å². The Morgan fingerprint density at radius 1 is 1.43 bits per heavy atom. The Bertz CT molecular complexity index is 434. The van der Waals surface area contributed by atoms with Crippen molar-refractivity contribution in [3.05, 3.63) is 30.0 Å². The lowest BCUT2D eigenvalue weighted by atomic mass is 10.1. The number of hydrogen-bond donors (Lipinski definition) is 1. The molecule has 0 aliphatic heterocycles. The number of para-hydroxylation sites is 1. The van der Waals surface area contributed by atoms with Crippen molar-refractivity contribution in [2.24, 2.45) is 0 Å². The minimum atomic E-state index is 0.629. The molecule has 1 aromatic heterocycles. The first-order chi connectivity index (χ1) is 6.92. The number of aryl methyl sites for hydroxylation is 1. The van der Waals surface area contributed by atoms with E-state index in [4.69, 9.17) is 0 Å². The summed E-state index contributed by atoms with van der Waals surface area (Å²) in [5.41, 5.74) is 2.33. The molecule has 0 atom stereocenters. The zero-order valence-corrected chi connectivity index (χ0v) is 7.86. The molecule has 1 aromatic carbocycles. The molecule has 0 radical (unpaired) electrons. The quantitative estimate of drug-likeness (QED) is 0.589. The van der Waals surface area contributed by atoms with Gasteiger partial charge in [0.25, 0.3) is 0 Å². The van der Waals surface area contributed by atoms with Crippen LogP contribution in [-0.4, -0.2) is 16.5 Å². The van der Waals surface area contributed by atoms with Crippen molar-refractivity contribution in [3.63, 3.8) is 0 Å². The lowest BCUT2D eigenvalue weighted by molar-refractivity contribution is -0.107. The molecule has 0 spiro atoms. The Morgan fingerprint density at radius 2 is 2.36 bits per heavy atom. The molecule has 0 saturated heterocycles. The van der Waals surface area contributed by atoms with E-state index >= 15 is 0 Å². The number of nitrogens with one attached hydrogen (secondary N) is 1. The normalized spacial score (nSPS) is 10.6. The van der Waals surface area contributed by atoms with Gasteiger partial charge in [0.1, 0.15) is 6.29 Å². The highest BCUT2D eigenvalue weighted by Crippen LogP contribution is 2.17. The summed E-state index contributed by atoms with van der Waals surface area (Å²) in [6.45, 7) is 0. The number of benzene rings is 1. The van der Waals surface area contributed by atoms with Gasteiger partial charge in [0.15, 0.2) is 0 Å². The largest absolute Gasteiger partial charge is 0.303 e. The van der Waals surface area contributed by atoms with Crippen LogP contribution in [0.1, 0.15) is 18.4 Å². The van der Waals surface area contributed by atoms with Crippen molar-refractivity contribution in [2.75, 3.05) is 0 Å². The van der Waals surface area contributed by atoms with Crippen molar-refractivity contribution < 1.29 is 4.79 Å². The van der Waals surface area contributed by atoms with Crippen LogP contribution < -0.4 is 0 Å². The van der Waals surface area contributed by atoms with Crippen molar-refractivity contribution in [1.29, 1.82) is 0 Å². The average Bonchev–Trinajstić information content (AvgIpc) is 2.67. The molecule has 1 heterocycles. The monoisotopic (exact) mass is 188 g/mol. The van der Waals surface area contributed by atoms with Gasteiger partial charge in [-0.05, 0) is 18.4 Å². The summed E-state index contributed by atoms with van der Waals surface area (Å²) in [4.78, 5) is 10.2. The lowest BCUT2D eigenvalue weighted by Crippen LogP contribution is -1.88. The third-order valence-electron chi connectivity index (χ3n) is 2.33. The number of aldehydes is 1. The first-order valence-corrected chi connectivity index (χ1v) is 4.76. The minimum absolute atomic E-state index is 0.629. The van der Waals surface area contributed by atoms with Gasteiger partial charge < -0.3 is 4.79 Å². The number of unbranched alkanes of at least 4 members (excludes halogenated alkanes) is 1. The Labute approximate surface area is 82.1 Å². The van der Waals surface area contributed by atoms with Crippen LogP contribution in [0.2, 0.25) is 0 Å². The molecule has 72 valence electrons. The van der Waals surface area contributed by atoms with E-state index < -0.39 is 0 Å². The van der Waals surface area contributed by atoms with Gasteiger partial charge in [-0.1, -0.05) is 18.2 Å². The van der Waals surface area contributed by atoms with E-state index in [1.54, 1.807) is 0 Å². The van der Waals surface area contributed by atoms with E-state index in [2.05, 4.69) is 16.3 Å². The topological polar surface area (TPSA) is 45.8 Å². The van der Waals surface area contributed by atoms with Crippen molar-refractivity contribution in [3.8, 4) is 0 Å². The molecule has 0 bridgehead atoms. The molecule has 3 heteroatoms. The minimum Gasteiger partial charge on any atom is -0.303 e. The van der Waals surface area contributed by atoms with Gasteiger partial charge in [-0.15, -0.1) is 0 Å². The summed E-state index contributed by atoms with van der Waals surface area (Å²) in [6.07, 6.45) is 5.25. The number of aromatic amines is 1. The Balaban J connectivity index is 2.23. The number of hydrogen-bond acceptors (Lipinski definition) is 2. The van der Waals surface area contributed by atoms with E-state index in [1.807, 2.05) is 18.3 Å². The van der Waals surface area contributed by atoms with Gasteiger partial charge in [-0.25, -0.2) is 0 Å². The molecule has 0 aliphatic rings. The standard InChI is InChI=1S/C11H12N2O/c14-7-2-1-4-9-5-3-6-10-8-12-13-11(9)10/h3,5-8H,1-2,4H2,(H,12,13). The molecular weight excluding hydrogens is 176 g/mol. The van der Waals surface area contributed by atoms with Gasteiger partial charge in [0.2, 0.25) is 0 Å². The van der Waals surface area contributed by atoms with Gasteiger partial charge in [-0.2, -0.15) is 5.10 Å². The van der Waals surface area contributed by atoms with Gasteiger partial charge in [0.05, 0.1) is 11.7 Å². The van der Waals surface area contributed by atoms with Crippen LogP contribution in [0.15, 0.2) is 24.4 Å². The highest BCUT2D eigenvalue weighted by molar-refractivity contribution is 5.81. The van der Waals surface area contributed by atoms with Crippen molar-refractivity contribution in [1.82, 2.24) is 10.2 Å². The number of fused-ring (bicyclic) bond motifs is 1. The summed E-state index contributed by atoms with van der Waals surface area (Å²) in [7, 11) is 0. The Morgan fingerprint density at radius 3 is 3.21 bits per heavy atom. The predicted octanol–water partition coefficient (Wildman–Crippen LogP) is 2.08. The van der Waals surface area contributed by atoms with Gasteiger partial charge >= 0.3 is 0 Å². The maximum absolute atomic E-state index is 10.2. The van der Waals surface area contributed by atoms with Crippen LogP contribution >= 0.6 is 0 Å². The molecule has 0 fully saturated rings. The predicted molar refractivity (Wildman–Crippen MR) is 55.1 cm³/mol. The molecule has 1 N–H and O–H groups in total. The fraction of sp³-hybridized carbons (Fsp3) is 0.273. The highest BCUT2D eigenvalue weighted by Gasteiger charge is 2.01. The van der Waals surface area contributed by atoms with E-state index in [-0.39, 0.29) is 0 Å². The third kappa shape index (κ3) is 1.66. The fourth-order valence-corrected chi connectivity index (χ4v) is 1.61. The van der Waals surface area contributed by atoms with Gasteiger partial charge in [-0.3, -0.25) is 5.10 Å². The second-order valence-corrected chi connectivity index (χ2v) is 3.31. The molecule has 0 aliphatic carbocycles. The van der Waals surface area contributed by atoms with E-state index in [0.717, 1.165) is 30.0 Å². The van der Waals surface area contributed by atoms with Crippen LogP contribution in [0.25, 0.3) is 10.9 Å². The second kappa shape index (κ2) is 4.05. The van der Waals surface area contributed by atoms with Crippen LogP contribution in [0.4, 0.5) is 0 Å². The number of H-pyrrole nitrogens is 1. The van der Waals surface area contributed by atoms with Crippen LogP contribution in [-0.2, 0) is 11.2 Å².